The van der Waals surface area contributed by atoms with E-state index >= 15 is 0 Å². The van der Waals surface area contributed by atoms with Gasteiger partial charge in [-0.1, -0.05) is 24.3 Å². The van der Waals surface area contributed by atoms with Gasteiger partial charge in [0.05, 0.1) is 19.0 Å². The number of para-hydroxylation sites is 1. The maximum Gasteiger partial charge on any atom is 0.184 e. The Morgan fingerprint density at radius 3 is 2.68 bits per heavy atom. The van der Waals surface area contributed by atoms with E-state index in [1.807, 2.05) is 24.3 Å². The van der Waals surface area contributed by atoms with E-state index in [0.29, 0.717) is 11.3 Å². The zero-order valence-electron chi connectivity index (χ0n) is 15.8. The van der Waals surface area contributed by atoms with E-state index in [4.69, 9.17) is 10.5 Å². The number of nitrogens with zero attached hydrogens (tertiary/aromatic N) is 3. The number of anilines is 1. The normalized spacial score (nSPS) is 15.0. The van der Waals surface area contributed by atoms with Crippen molar-refractivity contribution in [3.05, 3.63) is 59.4 Å². The summed E-state index contributed by atoms with van der Waals surface area (Å²) in [5.74, 6) is 0.635. The predicted octanol–water partition coefficient (Wildman–Crippen LogP) is 2.32. The highest BCUT2D eigenvalue weighted by atomic mass is 32.1. The summed E-state index contributed by atoms with van der Waals surface area (Å²) in [5, 5.41) is 3.92. The quantitative estimate of drug-likeness (QED) is 0.440. The molecule has 6 nitrogen and oxygen atoms in total. The molecule has 28 heavy (non-hydrogen) atoms. The van der Waals surface area contributed by atoms with Gasteiger partial charge in [-0.25, -0.2) is 4.39 Å². The first-order chi connectivity index (χ1) is 13.6. The Bertz CT molecular complexity index is 852. The van der Waals surface area contributed by atoms with Crippen LogP contribution in [-0.4, -0.2) is 49.5 Å². The van der Waals surface area contributed by atoms with Crippen molar-refractivity contribution >= 4 is 29.2 Å². The van der Waals surface area contributed by atoms with Crippen LogP contribution in [0, 0.1) is 5.82 Å². The van der Waals surface area contributed by atoms with Crippen LogP contribution in [0.5, 0.6) is 5.75 Å². The Morgan fingerprint density at radius 1 is 1.25 bits per heavy atom. The number of methoxy groups -OCH3 is 1. The molecule has 2 aromatic rings. The van der Waals surface area contributed by atoms with Gasteiger partial charge in [0.1, 0.15) is 11.6 Å². The molecule has 1 aliphatic rings. The Kier molecular flexibility index (Phi) is 6.78. The molecule has 1 saturated heterocycles. The van der Waals surface area contributed by atoms with Gasteiger partial charge in [-0.3, -0.25) is 10.3 Å². The monoisotopic (exact) mass is 401 g/mol. The van der Waals surface area contributed by atoms with E-state index in [9.17, 15) is 4.39 Å². The molecule has 1 aliphatic heterocycles. The van der Waals surface area contributed by atoms with Gasteiger partial charge in [0.15, 0.2) is 5.11 Å². The third kappa shape index (κ3) is 5.17. The number of thiocarbonyl (C=S) groups is 1. The number of benzene rings is 2. The highest BCUT2D eigenvalue weighted by Crippen LogP contribution is 2.24. The molecule has 3 N–H and O–H groups in total. The first kappa shape index (κ1) is 20.0. The maximum absolute atomic E-state index is 14.6. The standard InChI is InChI=1S/C20H24FN5OS/c1-27-19-5-3-2-4-16(19)14-25-8-10-26(11-9-25)18-7-6-15(12-17(18)21)13-23-24-20(22)28/h2-7,12-13H,8-11,14H2,1H3,(H3,22,24,28)/b23-13+. The van der Waals surface area contributed by atoms with Crippen molar-refractivity contribution in [3.8, 4) is 5.75 Å². The number of rotatable bonds is 6. The number of hydrogen-bond acceptors (Lipinski definition) is 5. The average Bonchev–Trinajstić information content (AvgIpc) is 2.69. The molecule has 0 aliphatic carbocycles. The number of halogens is 1. The molecular formula is C20H24FN5OS. The number of piperazine rings is 1. The van der Waals surface area contributed by atoms with E-state index in [0.717, 1.165) is 38.5 Å². The van der Waals surface area contributed by atoms with E-state index in [-0.39, 0.29) is 10.9 Å². The molecule has 2 aromatic carbocycles. The summed E-state index contributed by atoms with van der Waals surface area (Å²) in [6.45, 7) is 4.08. The molecule has 0 unspecified atom stereocenters. The number of nitrogens with two attached hydrogens (primary N) is 1. The number of ether oxygens (including phenoxy) is 1. The lowest BCUT2D eigenvalue weighted by Gasteiger charge is -2.36. The fourth-order valence-corrected chi connectivity index (χ4v) is 3.30. The van der Waals surface area contributed by atoms with Gasteiger partial charge in [-0.05, 0) is 36.0 Å². The fraction of sp³-hybridized carbons (Fsp3) is 0.300. The van der Waals surface area contributed by atoms with Gasteiger partial charge < -0.3 is 15.4 Å². The summed E-state index contributed by atoms with van der Waals surface area (Å²) in [4.78, 5) is 4.43. The first-order valence-corrected chi connectivity index (χ1v) is 9.45. The van der Waals surface area contributed by atoms with Crippen molar-refractivity contribution in [1.29, 1.82) is 0 Å². The molecule has 0 bridgehead atoms. The van der Waals surface area contributed by atoms with Crippen molar-refractivity contribution in [1.82, 2.24) is 10.3 Å². The van der Waals surface area contributed by atoms with Gasteiger partial charge >= 0.3 is 0 Å². The maximum atomic E-state index is 14.6. The van der Waals surface area contributed by atoms with Crippen LogP contribution >= 0.6 is 12.2 Å². The van der Waals surface area contributed by atoms with E-state index in [1.165, 1.54) is 17.8 Å². The van der Waals surface area contributed by atoms with Gasteiger partial charge in [0, 0.05) is 38.3 Å². The van der Waals surface area contributed by atoms with Crippen LogP contribution < -0.4 is 20.8 Å². The van der Waals surface area contributed by atoms with Crippen LogP contribution in [0.4, 0.5) is 10.1 Å². The highest BCUT2D eigenvalue weighted by molar-refractivity contribution is 7.80. The second-order valence-electron chi connectivity index (χ2n) is 6.52. The van der Waals surface area contributed by atoms with E-state index in [1.54, 1.807) is 13.2 Å². The summed E-state index contributed by atoms with van der Waals surface area (Å²) >= 11 is 4.67. The van der Waals surface area contributed by atoms with Crippen molar-refractivity contribution in [3.63, 3.8) is 0 Å². The zero-order valence-corrected chi connectivity index (χ0v) is 16.6. The largest absolute Gasteiger partial charge is 0.496 e. The van der Waals surface area contributed by atoms with Crippen LogP contribution in [0.15, 0.2) is 47.6 Å². The van der Waals surface area contributed by atoms with Gasteiger partial charge in [-0.2, -0.15) is 5.10 Å². The van der Waals surface area contributed by atoms with Crippen LogP contribution in [0.3, 0.4) is 0 Å². The van der Waals surface area contributed by atoms with Gasteiger partial charge in [0.2, 0.25) is 0 Å². The molecule has 0 atom stereocenters. The highest BCUT2D eigenvalue weighted by Gasteiger charge is 2.20. The second-order valence-corrected chi connectivity index (χ2v) is 6.96. The summed E-state index contributed by atoms with van der Waals surface area (Å²) in [7, 11) is 1.69. The van der Waals surface area contributed by atoms with Gasteiger partial charge in [-0.15, -0.1) is 0 Å². The van der Waals surface area contributed by atoms with Crippen molar-refractivity contribution in [2.45, 2.75) is 6.54 Å². The molecule has 1 fully saturated rings. The molecule has 0 spiro atoms. The van der Waals surface area contributed by atoms with Crippen LogP contribution in [0.1, 0.15) is 11.1 Å². The van der Waals surface area contributed by atoms with Crippen molar-refractivity contribution < 1.29 is 9.13 Å². The fourth-order valence-electron chi connectivity index (χ4n) is 3.25. The Morgan fingerprint density at radius 2 is 2.00 bits per heavy atom. The molecular weight excluding hydrogens is 377 g/mol. The number of nitrogens with one attached hydrogen (secondary N) is 1. The average molecular weight is 402 g/mol. The Labute approximate surface area is 169 Å². The lowest BCUT2D eigenvalue weighted by atomic mass is 10.1. The predicted molar refractivity (Wildman–Crippen MR) is 114 cm³/mol. The minimum Gasteiger partial charge on any atom is -0.496 e. The Balaban J connectivity index is 1.58. The smallest absolute Gasteiger partial charge is 0.184 e. The second kappa shape index (κ2) is 9.48. The third-order valence-corrected chi connectivity index (χ3v) is 4.75. The van der Waals surface area contributed by atoms with Crippen LogP contribution in [-0.2, 0) is 6.54 Å². The lowest BCUT2D eigenvalue weighted by Crippen LogP contribution is -2.46. The van der Waals surface area contributed by atoms with Gasteiger partial charge in [0.25, 0.3) is 0 Å². The van der Waals surface area contributed by atoms with Crippen LogP contribution in [0.2, 0.25) is 0 Å². The summed E-state index contributed by atoms with van der Waals surface area (Å²) < 4.78 is 20.0. The number of hydrazone groups is 1. The zero-order chi connectivity index (χ0) is 19.9. The summed E-state index contributed by atoms with van der Waals surface area (Å²) in [6, 6.07) is 13.1. The van der Waals surface area contributed by atoms with E-state index in [2.05, 4.69) is 38.6 Å². The number of hydrogen-bond donors (Lipinski definition) is 2. The third-order valence-electron chi connectivity index (χ3n) is 4.66. The summed E-state index contributed by atoms with van der Waals surface area (Å²) in [5.41, 5.74) is 10.2. The SMILES string of the molecule is COc1ccccc1CN1CCN(c2ccc(/C=N/NC(N)=S)cc2F)CC1. The molecule has 0 radical (unpaired) electrons. The minimum absolute atomic E-state index is 0.0688. The first-order valence-electron chi connectivity index (χ1n) is 9.04. The molecule has 0 aromatic heterocycles. The molecule has 8 heteroatoms. The topological polar surface area (TPSA) is 66.1 Å². The lowest BCUT2D eigenvalue weighted by molar-refractivity contribution is 0.245. The van der Waals surface area contributed by atoms with Crippen molar-refractivity contribution in [2.24, 2.45) is 10.8 Å². The van der Waals surface area contributed by atoms with E-state index < -0.39 is 0 Å². The molecule has 148 valence electrons. The molecule has 0 amide bonds. The molecule has 3 rings (SSSR count). The minimum atomic E-state index is -0.266. The van der Waals surface area contributed by atoms with Crippen LogP contribution in [0.25, 0.3) is 0 Å². The summed E-state index contributed by atoms with van der Waals surface area (Å²) in [6.07, 6.45) is 1.48. The Hall–Kier alpha value is -2.71. The molecule has 1 heterocycles. The molecule has 0 saturated carbocycles. The van der Waals surface area contributed by atoms with Crippen molar-refractivity contribution in [2.75, 3.05) is 38.2 Å².